The van der Waals surface area contributed by atoms with Crippen LogP contribution in [0.2, 0.25) is 5.28 Å². The maximum absolute atomic E-state index is 5.89. The van der Waals surface area contributed by atoms with E-state index in [2.05, 4.69) is 19.9 Å². The van der Waals surface area contributed by atoms with Crippen LogP contribution in [-0.4, -0.2) is 27.0 Å². The number of aromatic amines is 1. The third-order valence-corrected chi connectivity index (χ3v) is 3.66. The molecule has 0 saturated heterocycles. The van der Waals surface area contributed by atoms with Crippen LogP contribution in [0.5, 0.6) is 5.75 Å². The molecule has 96 valence electrons. The van der Waals surface area contributed by atoms with E-state index in [0.29, 0.717) is 5.65 Å². The Morgan fingerprint density at radius 2 is 2.00 bits per heavy atom. The van der Waals surface area contributed by atoms with Crippen molar-refractivity contribution in [1.29, 1.82) is 0 Å². The minimum absolute atomic E-state index is 0.190. The molecule has 0 radical (unpaired) electrons. The molecule has 0 aliphatic heterocycles. The van der Waals surface area contributed by atoms with Gasteiger partial charge >= 0.3 is 0 Å². The number of hydrogen-bond acceptors (Lipinski definition) is 5. The van der Waals surface area contributed by atoms with Crippen molar-refractivity contribution in [3.63, 3.8) is 0 Å². The Bertz CT molecular complexity index is 713. The number of nitrogens with one attached hydrogen (secondary N) is 1. The number of hydrogen-bond donors (Lipinski definition) is 1. The molecule has 0 unspecified atom stereocenters. The number of aromatic nitrogens is 4. The number of methoxy groups -OCH3 is 1. The Morgan fingerprint density at radius 1 is 1.21 bits per heavy atom. The van der Waals surface area contributed by atoms with Gasteiger partial charge in [0.15, 0.2) is 5.65 Å². The van der Waals surface area contributed by atoms with Crippen molar-refractivity contribution >= 4 is 34.5 Å². The second-order valence-corrected chi connectivity index (χ2v) is 5.08. The number of H-pyrrole nitrogens is 1. The van der Waals surface area contributed by atoms with Gasteiger partial charge in [0.25, 0.3) is 0 Å². The molecule has 7 heteroatoms. The van der Waals surface area contributed by atoms with Gasteiger partial charge in [0.05, 0.1) is 13.4 Å². The standard InChI is InChI=1S/C12H9ClN4OS/c1-18-7-2-4-8(5-3-7)19-11-9-10(15-6-14-9)16-12(13)17-11/h2-6H,1H3,(H,14,15,16,17). The molecule has 0 fully saturated rings. The summed E-state index contributed by atoms with van der Waals surface area (Å²) in [7, 11) is 1.64. The van der Waals surface area contributed by atoms with Crippen LogP contribution in [0.3, 0.4) is 0 Å². The maximum Gasteiger partial charge on any atom is 0.225 e. The zero-order valence-electron chi connectivity index (χ0n) is 9.92. The van der Waals surface area contributed by atoms with Gasteiger partial charge in [0.1, 0.15) is 16.3 Å². The fourth-order valence-electron chi connectivity index (χ4n) is 1.61. The average Bonchev–Trinajstić information content (AvgIpc) is 2.88. The van der Waals surface area contributed by atoms with Crippen molar-refractivity contribution in [1.82, 2.24) is 19.9 Å². The van der Waals surface area contributed by atoms with Gasteiger partial charge in [-0.1, -0.05) is 11.8 Å². The normalized spacial score (nSPS) is 10.8. The van der Waals surface area contributed by atoms with Gasteiger partial charge in [0.2, 0.25) is 5.28 Å². The summed E-state index contributed by atoms with van der Waals surface area (Å²) < 4.78 is 5.12. The number of fused-ring (bicyclic) bond motifs is 1. The van der Waals surface area contributed by atoms with E-state index in [4.69, 9.17) is 16.3 Å². The summed E-state index contributed by atoms with van der Waals surface area (Å²) in [5.41, 5.74) is 1.35. The minimum atomic E-state index is 0.190. The van der Waals surface area contributed by atoms with Crippen LogP contribution in [0.1, 0.15) is 0 Å². The lowest BCUT2D eigenvalue weighted by Crippen LogP contribution is -1.89. The van der Waals surface area contributed by atoms with Crippen molar-refractivity contribution < 1.29 is 4.74 Å². The second-order valence-electron chi connectivity index (χ2n) is 3.68. The molecular weight excluding hydrogens is 284 g/mol. The van der Waals surface area contributed by atoms with Gasteiger partial charge in [-0.05, 0) is 35.9 Å². The molecule has 1 N–H and O–H groups in total. The van der Waals surface area contributed by atoms with E-state index in [1.165, 1.54) is 11.8 Å². The van der Waals surface area contributed by atoms with Gasteiger partial charge < -0.3 is 9.72 Å². The SMILES string of the molecule is COc1ccc(Sc2nc(Cl)nc3nc[nH]c23)cc1. The molecule has 0 bridgehead atoms. The van der Waals surface area contributed by atoms with Crippen molar-refractivity contribution in [2.24, 2.45) is 0 Å². The van der Waals surface area contributed by atoms with Crippen molar-refractivity contribution in [3.05, 3.63) is 35.9 Å². The summed E-state index contributed by atoms with van der Waals surface area (Å²) >= 11 is 7.38. The van der Waals surface area contributed by atoms with Crippen LogP contribution in [0.25, 0.3) is 11.2 Å². The molecule has 0 aliphatic carbocycles. The van der Waals surface area contributed by atoms with Crippen molar-refractivity contribution in [3.8, 4) is 5.75 Å². The molecule has 0 aliphatic rings. The Morgan fingerprint density at radius 3 is 2.74 bits per heavy atom. The smallest absolute Gasteiger partial charge is 0.225 e. The number of nitrogens with zero attached hydrogens (tertiary/aromatic N) is 3. The topological polar surface area (TPSA) is 63.7 Å². The van der Waals surface area contributed by atoms with Crippen LogP contribution in [0.15, 0.2) is 40.5 Å². The van der Waals surface area contributed by atoms with Gasteiger partial charge in [-0.15, -0.1) is 0 Å². The summed E-state index contributed by atoms with van der Waals surface area (Å²) in [6, 6.07) is 7.72. The van der Waals surface area contributed by atoms with Crippen LogP contribution in [0, 0.1) is 0 Å². The molecule has 3 rings (SSSR count). The zero-order chi connectivity index (χ0) is 13.2. The lowest BCUT2D eigenvalue weighted by Gasteiger charge is -2.04. The highest BCUT2D eigenvalue weighted by Gasteiger charge is 2.10. The minimum Gasteiger partial charge on any atom is -0.497 e. The van der Waals surface area contributed by atoms with Crippen molar-refractivity contribution in [2.45, 2.75) is 9.92 Å². The summed E-state index contributed by atoms with van der Waals surface area (Å²) in [6.07, 6.45) is 1.58. The van der Waals surface area contributed by atoms with Gasteiger partial charge in [-0.2, -0.15) is 4.98 Å². The van der Waals surface area contributed by atoms with E-state index < -0.39 is 0 Å². The fraction of sp³-hybridized carbons (Fsp3) is 0.0833. The Kier molecular flexibility index (Phi) is 3.27. The summed E-state index contributed by atoms with van der Waals surface area (Å²) in [4.78, 5) is 16.4. The van der Waals surface area contributed by atoms with E-state index in [1.54, 1.807) is 13.4 Å². The molecule has 2 aromatic heterocycles. The Labute approximate surface area is 118 Å². The van der Waals surface area contributed by atoms with Gasteiger partial charge in [-0.3, -0.25) is 0 Å². The molecule has 0 saturated carbocycles. The molecule has 0 atom stereocenters. The Balaban J connectivity index is 1.97. The monoisotopic (exact) mass is 292 g/mol. The predicted octanol–water partition coefficient (Wildman–Crippen LogP) is 3.17. The first-order valence-corrected chi connectivity index (χ1v) is 6.64. The highest BCUT2D eigenvalue weighted by atomic mass is 35.5. The molecule has 0 spiro atoms. The van der Waals surface area contributed by atoms with Crippen LogP contribution >= 0.6 is 23.4 Å². The summed E-state index contributed by atoms with van der Waals surface area (Å²) in [5.74, 6) is 0.816. The molecule has 3 aromatic rings. The van der Waals surface area contributed by atoms with Crippen LogP contribution < -0.4 is 4.74 Å². The number of halogens is 1. The highest BCUT2D eigenvalue weighted by molar-refractivity contribution is 7.99. The van der Waals surface area contributed by atoms with Crippen molar-refractivity contribution in [2.75, 3.05) is 7.11 Å². The fourth-order valence-corrected chi connectivity index (χ4v) is 2.71. The number of imidazole rings is 1. The van der Waals surface area contributed by atoms with Gasteiger partial charge in [0, 0.05) is 4.90 Å². The second kappa shape index (κ2) is 5.07. The van der Waals surface area contributed by atoms with Crippen LogP contribution in [-0.2, 0) is 0 Å². The number of rotatable bonds is 3. The first-order valence-electron chi connectivity index (χ1n) is 5.45. The molecule has 5 nitrogen and oxygen atoms in total. The van der Waals surface area contributed by atoms with E-state index in [0.717, 1.165) is 21.2 Å². The zero-order valence-corrected chi connectivity index (χ0v) is 11.5. The van der Waals surface area contributed by atoms with E-state index in [9.17, 15) is 0 Å². The third-order valence-electron chi connectivity index (χ3n) is 2.50. The van der Waals surface area contributed by atoms with E-state index in [1.807, 2.05) is 24.3 Å². The largest absolute Gasteiger partial charge is 0.497 e. The lowest BCUT2D eigenvalue weighted by molar-refractivity contribution is 0.414. The highest BCUT2D eigenvalue weighted by Crippen LogP contribution is 2.31. The van der Waals surface area contributed by atoms with E-state index >= 15 is 0 Å². The first-order chi connectivity index (χ1) is 9.26. The molecule has 2 heterocycles. The predicted molar refractivity (Wildman–Crippen MR) is 73.8 cm³/mol. The Hall–Kier alpha value is -1.79. The third kappa shape index (κ3) is 2.50. The summed E-state index contributed by atoms with van der Waals surface area (Å²) in [6.45, 7) is 0. The maximum atomic E-state index is 5.89. The summed E-state index contributed by atoms with van der Waals surface area (Å²) in [5, 5.41) is 0.938. The molecule has 1 aromatic carbocycles. The lowest BCUT2D eigenvalue weighted by atomic mass is 10.3. The quantitative estimate of drug-likeness (QED) is 0.593. The number of benzene rings is 1. The van der Waals surface area contributed by atoms with Crippen LogP contribution in [0.4, 0.5) is 0 Å². The number of ether oxygens (including phenoxy) is 1. The first kappa shape index (κ1) is 12.3. The van der Waals surface area contributed by atoms with E-state index in [-0.39, 0.29) is 5.28 Å². The van der Waals surface area contributed by atoms with Gasteiger partial charge in [-0.25, -0.2) is 9.97 Å². The molecular formula is C12H9ClN4OS. The molecule has 0 amide bonds. The molecule has 19 heavy (non-hydrogen) atoms. The average molecular weight is 293 g/mol.